The van der Waals surface area contributed by atoms with Crippen LogP contribution in [-0.4, -0.2) is 16.4 Å². The van der Waals surface area contributed by atoms with Crippen molar-refractivity contribution in [3.05, 3.63) is 125 Å². The standard InChI is InChI=1S/C38H45O2P/c1-29-30(2)36(40)33(28-35(29)39)24-12-7-5-3-4-6-8-19-27-41(34-25-17-11-18-26-34)37(31-20-13-9-14-21-31)38(41)32-22-15-10-16-23-32/h9-11,13-18,20-23,25-26,28,37-38H,3-8,12,19,24,27H2,1-2H3,(H-,39,40)/p+1. The van der Waals surface area contributed by atoms with Gasteiger partial charge in [-0.05, 0) is 85.5 Å². The van der Waals surface area contributed by atoms with Gasteiger partial charge < -0.3 is 10.2 Å². The molecule has 0 aromatic heterocycles. The summed E-state index contributed by atoms with van der Waals surface area (Å²) in [5.74, 6) is 0.652. The molecule has 4 aromatic carbocycles. The third-order valence-electron chi connectivity index (χ3n) is 9.36. The van der Waals surface area contributed by atoms with E-state index in [0.29, 0.717) is 22.8 Å². The fourth-order valence-corrected chi connectivity index (χ4v) is 12.8. The first-order valence-corrected chi connectivity index (χ1v) is 17.7. The summed E-state index contributed by atoms with van der Waals surface area (Å²) in [6.07, 6.45) is 12.2. The van der Waals surface area contributed by atoms with Crippen LogP contribution in [0.3, 0.4) is 0 Å². The molecule has 4 aromatic rings. The number of phenols is 2. The molecule has 2 atom stereocenters. The zero-order valence-electron chi connectivity index (χ0n) is 24.8. The molecule has 0 radical (unpaired) electrons. The highest BCUT2D eigenvalue weighted by Gasteiger charge is 2.75. The van der Waals surface area contributed by atoms with E-state index in [4.69, 9.17) is 0 Å². The lowest BCUT2D eigenvalue weighted by Gasteiger charge is -2.13. The van der Waals surface area contributed by atoms with Gasteiger partial charge in [-0.2, -0.15) is 0 Å². The van der Waals surface area contributed by atoms with E-state index >= 15 is 0 Å². The second-order valence-electron chi connectivity index (χ2n) is 11.9. The summed E-state index contributed by atoms with van der Waals surface area (Å²) in [6.45, 7) is 3.73. The van der Waals surface area contributed by atoms with Gasteiger partial charge in [0.25, 0.3) is 0 Å². The summed E-state index contributed by atoms with van der Waals surface area (Å²) in [5, 5.41) is 22.1. The maximum Gasteiger partial charge on any atom is 0.141 e. The number of rotatable bonds is 14. The lowest BCUT2D eigenvalue weighted by molar-refractivity contribution is 0.445. The van der Waals surface area contributed by atoms with Crippen molar-refractivity contribution in [2.45, 2.75) is 83.0 Å². The fourth-order valence-electron chi connectivity index (χ4n) is 6.91. The highest BCUT2D eigenvalue weighted by Crippen LogP contribution is 2.98. The van der Waals surface area contributed by atoms with Gasteiger partial charge in [0.2, 0.25) is 0 Å². The molecule has 0 amide bonds. The van der Waals surface area contributed by atoms with Gasteiger partial charge in [-0.25, -0.2) is 0 Å². The first kappa shape index (κ1) is 29.4. The molecule has 1 saturated heterocycles. The second kappa shape index (κ2) is 13.7. The SMILES string of the molecule is Cc1c(O)cc(CCCCCCCCCC[P+]2(c3ccccc3)C(c3ccccc3)C2c2ccccc2)c(O)c1C. The number of aryl methyl sites for hydroxylation is 1. The van der Waals surface area contributed by atoms with E-state index in [1.54, 1.807) is 11.4 Å². The third kappa shape index (κ3) is 6.54. The Morgan fingerprint density at radius 3 is 1.56 bits per heavy atom. The second-order valence-corrected chi connectivity index (χ2v) is 15.9. The number of hydrogen-bond acceptors (Lipinski definition) is 2. The van der Waals surface area contributed by atoms with Crippen molar-refractivity contribution in [1.82, 2.24) is 0 Å². The molecule has 214 valence electrons. The Balaban J connectivity index is 1.12. The predicted molar refractivity (Wildman–Crippen MR) is 176 cm³/mol. The van der Waals surface area contributed by atoms with Gasteiger partial charge in [-0.3, -0.25) is 0 Å². The average Bonchev–Trinajstić information content (AvgIpc) is 3.70. The summed E-state index contributed by atoms with van der Waals surface area (Å²) in [7, 11) is -1.36. The van der Waals surface area contributed by atoms with E-state index < -0.39 is 7.26 Å². The highest BCUT2D eigenvalue weighted by atomic mass is 31.2. The van der Waals surface area contributed by atoms with Crippen molar-refractivity contribution < 1.29 is 10.2 Å². The Kier molecular flexibility index (Phi) is 9.84. The van der Waals surface area contributed by atoms with Gasteiger partial charge in [0.1, 0.15) is 22.8 Å². The highest BCUT2D eigenvalue weighted by molar-refractivity contribution is 7.90. The van der Waals surface area contributed by atoms with Crippen molar-refractivity contribution in [3.63, 3.8) is 0 Å². The van der Waals surface area contributed by atoms with Crippen LogP contribution in [0, 0.1) is 13.8 Å². The molecule has 1 aliphatic heterocycles. The largest absolute Gasteiger partial charge is 0.508 e. The minimum atomic E-state index is -1.36. The van der Waals surface area contributed by atoms with Crippen molar-refractivity contribution in [2.75, 3.05) is 6.16 Å². The van der Waals surface area contributed by atoms with Crippen LogP contribution >= 0.6 is 7.26 Å². The summed E-state index contributed by atoms with van der Waals surface area (Å²) >= 11 is 0. The average molecular weight is 566 g/mol. The van der Waals surface area contributed by atoms with Crippen molar-refractivity contribution in [2.24, 2.45) is 0 Å². The Morgan fingerprint density at radius 2 is 1.02 bits per heavy atom. The summed E-state index contributed by atoms with van der Waals surface area (Å²) < 4.78 is 0. The Bertz CT molecular complexity index is 1340. The van der Waals surface area contributed by atoms with Crippen LogP contribution in [-0.2, 0) is 6.42 Å². The number of phenolic OH excluding ortho intramolecular Hbond substituents is 2. The van der Waals surface area contributed by atoms with E-state index in [2.05, 4.69) is 91.0 Å². The van der Waals surface area contributed by atoms with Crippen LogP contribution in [0.2, 0.25) is 0 Å². The van der Waals surface area contributed by atoms with Crippen LogP contribution in [0.5, 0.6) is 11.5 Å². The normalized spacial score (nSPS) is 19.8. The smallest absolute Gasteiger partial charge is 0.141 e. The lowest BCUT2D eigenvalue weighted by Crippen LogP contribution is -2.06. The fraction of sp³-hybridized carbons (Fsp3) is 0.368. The van der Waals surface area contributed by atoms with E-state index in [-0.39, 0.29) is 0 Å². The van der Waals surface area contributed by atoms with Gasteiger partial charge in [0, 0.05) is 0 Å². The molecule has 5 rings (SSSR count). The minimum Gasteiger partial charge on any atom is -0.508 e. The minimum absolute atomic E-state index is 0.295. The van der Waals surface area contributed by atoms with E-state index in [9.17, 15) is 10.2 Å². The summed E-state index contributed by atoms with van der Waals surface area (Å²) in [4.78, 5) is 0. The Labute approximate surface area is 247 Å². The number of unbranched alkanes of at least 4 members (excludes halogenated alkanes) is 7. The van der Waals surface area contributed by atoms with Crippen LogP contribution in [0.25, 0.3) is 0 Å². The third-order valence-corrected chi connectivity index (χ3v) is 14.5. The van der Waals surface area contributed by atoms with Gasteiger partial charge >= 0.3 is 0 Å². The maximum atomic E-state index is 10.4. The topological polar surface area (TPSA) is 40.5 Å². The van der Waals surface area contributed by atoms with Gasteiger partial charge in [-0.15, -0.1) is 0 Å². The molecular formula is C38H46O2P+. The van der Waals surface area contributed by atoms with Crippen LogP contribution in [0.1, 0.15) is 90.5 Å². The van der Waals surface area contributed by atoms with E-state index in [0.717, 1.165) is 29.5 Å². The Morgan fingerprint density at radius 1 is 0.561 bits per heavy atom. The molecule has 41 heavy (non-hydrogen) atoms. The summed E-state index contributed by atoms with van der Waals surface area (Å²) in [5.41, 5.74) is 6.75. The van der Waals surface area contributed by atoms with E-state index in [1.165, 1.54) is 62.2 Å². The number of benzene rings is 4. The molecule has 0 saturated carbocycles. The molecule has 0 aliphatic carbocycles. The predicted octanol–water partition coefficient (Wildman–Crippen LogP) is 10.2. The van der Waals surface area contributed by atoms with Crippen molar-refractivity contribution in [3.8, 4) is 11.5 Å². The molecule has 1 fully saturated rings. The molecule has 2 N–H and O–H groups in total. The first-order chi connectivity index (χ1) is 20.0. The van der Waals surface area contributed by atoms with Gasteiger partial charge in [-0.1, -0.05) is 111 Å². The van der Waals surface area contributed by atoms with Crippen LogP contribution in [0.15, 0.2) is 97.1 Å². The molecule has 2 unspecified atom stereocenters. The molecule has 1 aliphatic rings. The summed E-state index contributed by atoms with van der Waals surface area (Å²) in [6, 6.07) is 35.8. The van der Waals surface area contributed by atoms with E-state index in [1.807, 2.05) is 13.8 Å². The zero-order chi connectivity index (χ0) is 28.7. The van der Waals surface area contributed by atoms with Crippen LogP contribution in [0.4, 0.5) is 0 Å². The quantitative estimate of drug-likeness (QED) is 0.0907. The van der Waals surface area contributed by atoms with Gasteiger partial charge in [0.15, 0.2) is 0 Å². The van der Waals surface area contributed by atoms with Crippen LogP contribution < -0.4 is 5.30 Å². The zero-order valence-corrected chi connectivity index (χ0v) is 25.7. The van der Waals surface area contributed by atoms with Crippen molar-refractivity contribution in [1.29, 1.82) is 0 Å². The maximum absolute atomic E-state index is 10.4. The van der Waals surface area contributed by atoms with Crippen molar-refractivity contribution >= 4 is 12.6 Å². The molecule has 0 bridgehead atoms. The lowest BCUT2D eigenvalue weighted by atomic mass is 9.98. The number of aromatic hydroxyl groups is 2. The Hall–Kier alpha value is -3.09. The van der Waals surface area contributed by atoms with Gasteiger partial charge in [0.05, 0.1) is 18.7 Å². The molecule has 0 spiro atoms. The monoisotopic (exact) mass is 565 g/mol. The molecular weight excluding hydrogens is 519 g/mol. The molecule has 2 nitrogen and oxygen atoms in total. The molecule has 1 heterocycles. The number of hydrogen-bond donors (Lipinski definition) is 2. The first-order valence-electron chi connectivity index (χ1n) is 15.6. The molecule has 3 heteroatoms.